The summed E-state index contributed by atoms with van der Waals surface area (Å²) in [5.74, 6) is 0. The fourth-order valence-electron chi connectivity index (χ4n) is 2.89. The Labute approximate surface area is 159 Å². The fraction of sp³-hybridized carbons (Fsp3) is 0.217. The molecule has 4 heteroatoms. The van der Waals surface area contributed by atoms with Gasteiger partial charge in [-0.1, -0.05) is 60.7 Å². The smallest absolute Gasteiger partial charge is 0.344 e. The van der Waals surface area contributed by atoms with Crippen molar-refractivity contribution in [3.05, 3.63) is 83.0 Å². The number of aromatic amines is 1. The monoisotopic (exact) mass is 360 g/mol. The van der Waals surface area contributed by atoms with Crippen LogP contribution in [0.1, 0.15) is 31.7 Å². The molecule has 138 valence electrons. The van der Waals surface area contributed by atoms with Crippen molar-refractivity contribution in [1.82, 2.24) is 9.97 Å². The lowest BCUT2D eigenvalue weighted by molar-refractivity contribution is 0.182. The van der Waals surface area contributed by atoms with Crippen LogP contribution in [0.25, 0.3) is 28.3 Å². The Morgan fingerprint density at radius 1 is 1.00 bits per heavy atom. The normalized spacial score (nSPS) is 12.4. The third-order valence-corrected chi connectivity index (χ3v) is 4.44. The van der Waals surface area contributed by atoms with E-state index in [4.69, 9.17) is 0 Å². The van der Waals surface area contributed by atoms with Crippen LogP contribution in [0.5, 0.6) is 0 Å². The van der Waals surface area contributed by atoms with Gasteiger partial charge in [-0.05, 0) is 48.4 Å². The van der Waals surface area contributed by atoms with Gasteiger partial charge in [0.15, 0.2) is 0 Å². The molecule has 0 saturated carbocycles. The number of hydrogen-bond acceptors (Lipinski definition) is 3. The van der Waals surface area contributed by atoms with Crippen molar-refractivity contribution in [3.8, 4) is 22.3 Å². The second kappa shape index (κ2) is 9.10. The molecule has 1 aromatic heterocycles. The van der Waals surface area contributed by atoms with Gasteiger partial charge in [0.1, 0.15) is 0 Å². The molecule has 0 fully saturated rings. The van der Waals surface area contributed by atoms with Crippen molar-refractivity contribution in [2.75, 3.05) is 0 Å². The van der Waals surface area contributed by atoms with Crippen molar-refractivity contribution in [3.63, 3.8) is 0 Å². The van der Waals surface area contributed by atoms with Gasteiger partial charge in [-0.25, -0.2) is 9.78 Å². The highest BCUT2D eigenvalue weighted by atomic mass is 16.3. The molecule has 4 nitrogen and oxygen atoms in total. The summed E-state index contributed by atoms with van der Waals surface area (Å²) in [7, 11) is 0. The lowest BCUT2D eigenvalue weighted by Gasteiger charge is -2.05. The quantitative estimate of drug-likeness (QED) is 0.602. The van der Waals surface area contributed by atoms with E-state index in [1.54, 1.807) is 12.4 Å². The van der Waals surface area contributed by atoms with Crippen molar-refractivity contribution < 1.29 is 5.11 Å². The van der Waals surface area contributed by atoms with Gasteiger partial charge in [0.25, 0.3) is 0 Å². The molecular weight excluding hydrogens is 336 g/mol. The second-order valence-corrected chi connectivity index (χ2v) is 6.69. The molecule has 0 aliphatic heterocycles. The van der Waals surface area contributed by atoms with E-state index in [2.05, 4.69) is 58.5 Å². The van der Waals surface area contributed by atoms with Crippen LogP contribution in [0.15, 0.2) is 71.8 Å². The lowest BCUT2D eigenvalue weighted by Crippen LogP contribution is -2.07. The first kappa shape index (κ1) is 18.8. The Morgan fingerprint density at radius 2 is 1.59 bits per heavy atom. The van der Waals surface area contributed by atoms with E-state index in [9.17, 15) is 9.90 Å². The summed E-state index contributed by atoms with van der Waals surface area (Å²) in [4.78, 5) is 17.4. The first-order chi connectivity index (χ1) is 13.1. The van der Waals surface area contributed by atoms with Crippen molar-refractivity contribution >= 4 is 6.08 Å². The van der Waals surface area contributed by atoms with Crippen LogP contribution in [0, 0.1) is 0 Å². The summed E-state index contributed by atoms with van der Waals surface area (Å²) >= 11 is 0. The predicted molar refractivity (Wildman–Crippen MR) is 110 cm³/mol. The van der Waals surface area contributed by atoms with E-state index in [1.807, 2.05) is 19.1 Å². The standard InChI is InChI=1S/C23H24N2O2/c1-17(26)5-3-2-4-6-18-7-9-19(10-8-18)20-11-13-21(14-12-20)22-15-24-23(27)25-16-22/h4,6-17,26H,2-3,5H2,1H3,(H,24,25,27). The number of rotatable bonds is 7. The van der Waals surface area contributed by atoms with E-state index in [1.165, 1.54) is 5.56 Å². The van der Waals surface area contributed by atoms with Crippen LogP contribution in [-0.2, 0) is 0 Å². The van der Waals surface area contributed by atoms with Crippen LogP contribution >= 0.6 is 0 Å². The van der Waals surface area contributed by atoms with Crippen molar-refractivity contribution in [2.24, 2.45) is 0 Å². The molecule has 1 heterocycles. The van der Waals surface area contributed by atoms with Gasteiger partial charge in [-0.15, -0.1) is 0 Å². The van der Waals surface area contributed by atoms with Crippen molar-refractivity contribution in [2.45, 2.75) is 32.3 Å². The highest BCUT2D eigenvalue weighted by Crippen LogP contribution is 2.24. The fourth-order valence-corrected chi connectivity index (χ4v) is 2.89. The number of H-pyrrole nitrogens is 1. The van der Waals surface area contributed by atoms with Gasteiger partial charge in [-0.3, -0.25) is 0 Å². The highest BCUT2D eigenvalue weighted by Gasteiger charge is 2.01. The lowest BCUT2D eigenvalue weighted by atomic mass is 10.0. The SMILES string of the molecule is CC(O)CCCC=Cc1ccc(-c2ccc(-c3cnc(=O)[nH]c3)cc2)cc1. The molecule has 0 radical (unpaired) electrons. The molecule has 0 aliphatic rings. The van der Waals surface area contributed by atoms with Gasteiger partial charge in [0.05, 0.1) is 6.10 Å². The minimum Gasteiger partial charge on any atom is -0.393 e. The molecule has 1 atom stereocenters. The Kier molecular flexibility index (Phi) is 6.34. The second-order valence-electron chi connectivity index (χ2n) is 6.69. The van der Waals surface area contributed by atoms with E-state index < -0.39 is 0 Å². The number of aliphatic hydroxyl groups is 1. The number of aromatic nitrogens is 2. The molecule has 2 aromatic carbocycles. The minimum absolute atomic E-state index is 0.218. The zero-order valence-electron chi connectivity index (χ0n) is 15.4. The number of aliphatic hydroxyl groups excluding tert-OH is 1. The Bertz CT molecular complexity index is 919. The van der Waals surface area contributed by atoms with E-state index >= 15 is 0 Å². The molecule has 3 aromatic rings. The molecule has 0 saturated heterocycles. The first-order valence-electron chi connectivity index (χ1n) is 9.22. The summed E-state index contributed by atoms with van der Waals surface area (Å²) < 4.78 is 0. The summed E-state index contributed by atoms with van der Waals surface area (Å²) in [6, 6.07) is 16.7. The van der Waals surface area contributed by atoms with Gasteiger partial charge in [-0.2, -0.15) is 0 Å². The summed E-state index contributed by atoms with van der Waals surface area (Å²) in [6.45, 7) is 1.83. The topological polar surface area (TPSA) is 66.0 Å². The third-order valence-electron chi connectivity index (χ3n) is 4.44. The predicted octanol–water partition coefficient (Wildman–Crippen LogP) is 4.67. The number of hydrogen-bond donors (Lipinski definition) is 2. The Morgan fingerprint density at radius 3 is 2.15 bits per heavy atom. The van der Waals surface area contributed by atoms with Crippen LogP contribution < -0.4 is 5.69 Å². The third kappa shape index (κ3) is 5.50. The molecule has 0 aliphatic carbocycles. The van der Waals surface area contributed by atoms with Crippen LogP contribution in [0.2, 0.25) is 0 Å². The number of allylic oxidation sites excluding steroid dienone is 1. The average Bonchev–Trinajstić information content (AvgIpc) is 2.69. The van der Waals surface area contributed by atoms with Gasteiger partial charge in [0.2, 0.25) is 0 Å². The zero-order valence-corrected chi connectivity index (χ0v) is 15.4. The van der Waals surface area contributed by atoms with Crippen LogP contribution in [0.3, 0.4) is 0 Å². The van der Waals surface area contributed by atoms with Gasteiger partial charge in [0, 0.05) is 18.0 Å². The number of nitrogens with zero attached hydrogens (tertiary/aromatic N) is 1. The number of nitrogens with one attached hydrogen (secondary N) is 1. The number of unbranched alkanes of at least 4 members (excludes halogenated alkanes) is 1. The van der Waals surface area contributed by atoms with E-state index in [0.29, 0.717) is 0 Å². The maximum Gasteiger partial charge on any atom is 0.344 e. The van der Waals surface area contributed by atoms with Gasteiger partial charge >= 0.3 is 5.69 Å². The molecule has 1 unspecified atom stereocenters. The molecule has 2 N–H and O–H groups in total. The van der Waals surface area contributed by atoms with E-state index in [-0.39, 0.29) is 11.8 Å². The van der Waals surface area contributed by atoms with Gasteiger partial charge < -0.3 is 10.1 Å². The Balaban J connectivity index is 1.64. The molecule has 0 bridgehead atoms. The summed E-state index contributed by atoms with van der Waals surface area (Å²) in [5.41, 5.74) is 5.03. The Hall–Kier alpha value is -2.98. The van der Waals surface area contributed by atoms with E-state index in [0.717, 1.165) is 41.5 Å². The van der Waals surface area contributed by atoms with Crippen LogP contribution in [-0.4, -0.2) is 21.2 Å². The molecule has 27 heavy (non-hydrogen) atoms. The molecule has 0 spiro atoms. The maximum atomic E-state index is 11.1. The van der Waals surface area contributed by atoms with Crippen LogP contribution in [0.4, 0.5) is 0 Å². The number of benzene rings is 2. The maximum absolute atomic E-state index is 11.1. The highest BCUT2D eigenvalue weighted by molar-refractivity contribution is 5.70. The summed E-state index contributed by atoms with van der Waals surface area (Å²) in [5, 5.41) is 9.26. The first-order valence-corrected chi connectivity index (χ1v) is 9.22. The van der Waals surface area contributed by atoms with Crippen molar-refractivity contribution in [1.29, 1.82) is 0 Å². The molecule has 3 rings (SSSR count). The summed E-state index contributed by atoms with van der Waals surface area (Å²) in [6.07, 6.45) is 10.1. The zero-order chi connectivity index (χ0) is 19.1. The largest absolute Gasteiger partial charge is 0.393 e. The minimum atomic E-state index is -0.340. The molecular formula is C23H24N2O2. The average molecular weight is 360 g/mol. The molecule has 0 amide bonds.